The van der Waals surface area contributed by atoms with Crippen molar-refractivity contribution in [2.75, 3.05) is 13.6 Å². The van der Waals surface area contributed by atoms with Crippen LogP contribution < -0.4 is 5.32 Å². The van der Waals surface area contributed by atoms with Gasteiger partial charge in [0.15, 0.2) is 0 Å². The van der Waals surface area contributed by atoms with E-state index in [0.717, 1.165) is 0 Å². The third-order valence-electron chi connectivity index (χ3n) is 3.11. The molecule has 0 bridgehead atoms. The van der Waals surface area contributed by atoms with Crippen LogP contribution in [0.2, 0.25) is 0 Å². The highest BCUT2D eigenvalue weighted by atomic mass is 16.2. The van der Waals surface area contributed by atoms with Gasteiger partial charge in [-0.05, 0) is 40.7 Å². The number of hydrogen-bond acceptors (Lipinski definition) is 2. The lowest BCUT2D eigenvalue weighted by atomic mass is 9.94. The van der Waals surface area contributed by atoms with Crippen LogP contribution in [0.1, 0.15) is 52.9 Å². The average Bonchev–Trinajstić information content (AvgIpc) is 2.16. The van der Waals surface area contributed by atoms with Gasteiger partial charge in [-0.1, -0.05) is 19.3 Å². The second-order valence-corrected chi connectivity index (χ2v) is 6.01. The first-order valence-corrected chi connectivity index (χ1v) is 6.40. The average molecular weight is 226 g/mol. The van der Waals surface area contributed by atoms with Gasteiger partial charge in [0.05, 0.1) is 6.54 Å². The Bertz CT molecular complexity index is 227. The van der Waals surface area contributed by atoms with Crippen LogP contribution >= 0.6 is 0 Å². The van der Waals surface area contributed by atoms with Crippen molar-refractivity contribution in [3.63, 3.8) is 0 Å². The molecule has 1 rings (SSSR count). The zero-order chi connectivity index (χ0) is 12.2. The SMILES string of the molecule is CN(CC(=O)NC(C)(C)C)C1CCCCC1. The minimum absolute atomic E-state index is 0.121. The molecule has 0 aromatic rings. The Balaban J connectivity index is 2.32. The van der Waals surface area contributed by atoms with Crippen LogP contribution in [0.15, 0.2) is 0 Å². The normalized spacial score (nSPS) is 18.8. The van der Waals surface area contributed by atoms with Crippen LogP contribution in [0.4, 0.5) is 0 Å². The summed E-state index contributed by atoms with van der Waals surface area (Å²) < 4.78 is 0. The zero-order valence-corrected chi connectivity index (χ0v) is 11.2. The van der Waals surface area contributed by atoms with Gasteiger partial charge in [0.1, 0.15) is 0 Å². The van der Waals surface area contributed by atoms with Gasteiger partial charge < -0.3 is 5.32 Å². The zero-order valence-electron chi connectivity index (χ0n) is 11.2. The third-order valence-corrected chi connectivity index (χ3v) is 3.11. The van der Waals surface area contributed by atoms with Crippen LogP contribution in [0, 0.1) is 0 Å². The Hall–Kier alpha value is -0.570. The number of carbonyl (C=O) groups is 1. The molecule has 0 radical (unpaired) electrons. The molecule has 0 saturated heterocycles. The van der Waals surface area contributed by atoms with Gasteiger partial charge in [-0.25, -0.2) is 0 Å². The van der Waals surface area contributed by atoms with Crippen molar-refractivity contribution >= 4 is 5.91 Å². The summed E-state index contributed by atoms with van der Waals surface area (Å²) in [4.78, 5) is 14.0. The Kier molecular flexibility index (Phi) is 4.78. The standard InChI is InChI=1S/C13H26N2O/c1-13(2,3)14-12(16)10-15(4)11-8-6-5-7-9-11/h11H,5-10H2,1-4H3,(H,14,16). The molecule has 1 amide bonds. The molecular weight excluding hydrogens is 200 g/mol. The predicted octanol–water partition coefficient (Wildman–Crippen LogP) is 2.17. The minimum atomic E-state index is -0.121. The molecule has 16 heavy (non-hydrogen) atoms. The van der Waals surface area contributed by atoms with E-state index in [4.69, 9.17) is 0 Å². The summed E-state index contributed by atoms with van der Waals surface area (Å²) in [7, 11) is 2.07. The van der Waals surface area contributed by atoms with E-state index in [1.54, 1.807) is 0 Å². The van der Waals surface area contributed by atoms with Crippen molar-refractivity contribution in [2.45, 2.75) is 64.5 Å². The molecule has 1 fully saturated rings. The largest absolute Gasteiger partial charge is 0.350 e. The fourth-order valence-electron chi connectivity index (χ4n) is 2.34. The van der Waals surface area contributed by atoms with Crippen LogP contribution in [0.25, 0.3) is 0 Å². The van der Waals surface area contributed by atoms with Crippen molar-refractivity contribution in [1.29, 1.82) is 0 Å². The predicted molar refractivity (Wildman–Crippen MR) is 67.4 cm³/mol. The van der Waals surface area contributed by atoms with Crippen LogP contribution in [0.5, 0.6) is 0 Å². The number of rotatable bonds is 3. The molecule has 1 saturated carbocycles. The van der Waals surface area contributed by atoms with Crippen LogP contribution in [0.3, 0.4) is 0 Å². The van der Waals surface area contributed by atoms with Gasteiger partial charge in [-0.15, -0.1) is 0 Å². The third kappa shape index (κ3) is 4.97. The molecule has 0 aliphatic heterocycles. The number of nitrogens with one attached hydrogen (secondary N) is 1. The fourth-order valence-corrected chi connectivity index (χ4v) is 2.34. The molecule has 0 aromatic carbocycles. The Labute approximate surface area is 99.6 Å². The van der Waals surface area contributed by atoms with Gasteiger partial charge in [-0.3, -0.25) is 9.69 Å². The van der Waals surface area contributed by atoms with E-state index < -0.39 is 0 Å². The molecule has 1 aliphatic rings. The lowest BCUT2D eigenvalue weighted by Crippen LogP contribution is -2.47. The lowest BCUT2D eigenvalue weighted by Gasteiger charge is -2.31. The van der Waals surface area contributed by atoms with Crippen molar-refractivity contribution < 1.29 is 4.79 Å². The summed E-state index contributed by atoms with van der Waals surface area (Å²) in [6.07, 6.45) is 6.49. The van der Waals surface area contributed by atoms with Crippen molar-refractivity contribution in [3.05, 3.63) is 0 Å². The summed E-state index contributed by atoms with van der Waals surface area (Å²) in [6.45, 7) is 6.59. The van der Waals surface area contributed by atoms with E-state index in [9.17, 15) is 4.79 Å². The minimum Gasteiger partial charge on any atom is -0.350 e. The molecular formula is C13H26N2O. The van der Waals surface area contributed by atoms with Gasteiger partial charge in [0, 0.05) is 11.6 Å². The molecule has 3 heteroatoms. The topological polar surface area (TPSA) is 32.3 Å². The lowest BCUT2D eigenvalue weighted by molar-refractivity contribution is -0.124. The highest BCUT2D eigenvalue weighted by molar-refractivity contribution is 5.78. The Morgan fingerprint density at radius 1 is 1.25 bits per heavy atom. The first-order chi connectivity index (χ1) is 7.38. The van der Waals surface area contributed by atoms with E-state index in [2.05, 4.69) is 17.3 Å². The number of nitrogens with zero attached hydrogens (tertiary/aromatic N) is 1. The van der Waals surface area contributed by atoms with Crippen LogP contribution in [-0.2, 0) is 4.79 Å². The van der Waals surface area contributed by atoms with E-state index in [0.29, 0.717) is 12.6 Å². The van der Waals surface area contributed by atoms with Gasteiger partial charge >= 0.3 is 0 Å². The van der Waals surface area contributed by atoms with Gasteiger partial charge in [-0.2, -0.15) is 0 Å². The van der Waals surface area contributed by atoms with Crippen molar-refractivity contribution in [3.8, 4) is 0 Å². The number of amides is 1. The monoisotopic (exact) mass is 226 g/mol. The molecule has 3 nitrogen and oxygen atoms in total. The second kappa shape index (κ2) is 5.67. The molecule has 1 aliphatic carbocycles. The molecule has 0 unspecified atom stereocenters. The van der Waals surface area contributed by atoms with Gasteiger partial charge in [0.25, 0.3) is 0 Å². The van der Waals surface area contributed by atoms with Crippen molar-refractivity contribution in [1.82, 2.24) is 10.2 Å². The maximum absolute atomic E-state index is 11.8. The maximum Gasteiger partial charge on any atom is 0.234 e. The smallest absolute Gasteiger partial charge is 0.234 e. The second-order valence-electron chi connectivity index (χ2n) is 6.01. The highest BCUT2D eigenvalue weighted by Gasteiger charge is 2.21. The molecule has 0 atom stereocenters. The number of carbonyl (C=O) groups excluding carboxylic acids is 1. The summed E-state index contributed by atoms with van der Waals surface area (Å²) in [5.74, 6) is 0.139. The molecule has 0 aromatic heterocycles. The highest BCUT2D eigenvalue weighted by Crippen LogP contribution is 2.21. The number of hydrogen-bond donors (Lipinski definition) is 1. The quantitative estimate of drug-likeness (QED) is 0.800. The van der Waals surface area contributed by atoms with Crippen LogP contribution in [-0.4, -0.2) is 36.0 Å². The first kappa shape index (κ1) is 13.5. The van der Waals surface area contributed by atoms with E-state index in [-0.39, 0.29) is 11.4 Å². The van der Waals surface area contributed by atoms with E-state index in [1.165, 1.54) is 32.1 Å². The summed E-state index contributed by atoms with van der Waals surface area (Å²) in [6, 6.07) is 0.611. The number of likely N-dealkylation sites (N-methyl/N-ethyl adjacent to an activating group) is 1. The first-order valence-electron chi connectivity index (χ1n) is 6.40. The van der Waals surface area contributed by atoms with E-state index >= 15 is 0 Å². The molecule has 0 heterocycles. The summed E-state index contributed by atoms with van der Waals surface area (Å²) in [5, 5.41) is 3.01. The maximum atomic E-state index is 11.8. The van der Waals surface area contributed by atoms with Crippen molar-refractivity contribution in [2.24, 2.45) is 0 Å². The van der Waals surface area contributed by atoms with E-state index in [1.807, 2.05) is 20.8 Å². The fraction of sp³-hybridized carbons (Fsp3) is 0.923. The molecule has 1 N–H and O–H groups in total. The summed E-state index contributed by atoms with van der Waals surface area (Å²) >= 11 is 0. The Morgan fingerprint density at radius 2 is 1.81 bits per heavy atom. The van der Waals surface area contributed by atoms with Gasteiger partial charge in [0.2, 0.25) is 5.91 Å². The Morgan fingerprint density at radius 3 is 2.31 bits per heavy atom. The molecule has 0 spiro atoms. The summed E-state index contributed by atoms with van der Waals surface area (Å²) in [5.41, 5.74) is -0.121. The molecule has 94 valence electrons.